The zero-order valence-electron chi connectivity index (χ0n) is 23.3. The van der Waals surface area contributed by atoms with Crippen LogP contribution in [0.4, 0.5) is 11.5 Å². The molecule has 4 aliphatic rings. The van der Waals surface area contributed by atoms with Gasteiger partial charge in [-0.2, -0.15) is 0 Å². The molecule has 1 saturated carbocycles. The van der Waals surface area contributed by atoms with Crippen LogP contribution in [0.25, 0.3) is 11.4 Å². The molecule has 3 aliphatic heterocycles. The van der Waals surface area contributed by atoms with Crippen LogP contribution < -0.4 is 9.80 Å². The average molecular weight is 509 g/mol. The Labute approximate surface area is 227 Å². The maximum atomic E-state index is 5.85. The van der Waals surface area contributed by atoms with Crippen molar-refractivity contribution >= 4 is 11.5 Å². The maximum absolute atomic E-state index is 5.85. The van der Waals surface area contributed by atoms with Crippen LogP contribution in [-0.2, 0) is 17.7 Å². The molecule has 5 nitrogen and oxygen atoms in total. The number of ether oxygens (including phenoxy) is 1. The Bertz CT molecular complexity index is 1350. The Balaban J connectivity index is 1.33. The molecule has 0 amide bonds. The van der Waals surface area contributed by atoms with Crippen molar-refractivity contribution in [1.82, 2.24) is 9.97 Å². The summed E-state index contributed by atoms with van der Waals surface area (Å²) in [4.78, 5) is 16.0. The number of fused-ring (bicyclic) bond motifs is 3. The highest BCUT2D eigenvalue weighted by Crippen LogP contribution is 2.45. The summed E-state index contributed by atoms with van der Waals surface area (Å²) in [6.45, 7) is 8.53. The van der Waals surface area contributed by atoms with Gasteiger partial charge >= 0.3 is 0 Å². The first-order valence-electron chi connectivity index (χ1n) is 14.6. The molecule has 2 bridgehead atoms. The monoisotopic (exact) mass is 508 g/mol. The minimum atomic E-state index is 0.365. The number of benzene rings is 2. The van der Waals surface area contributed by atoms with Gasteiger partial charge in [0.2, 0.25) is 0 Å². The lowest BCUT2D eigenvalue weighted by atomic mass is 9.96. The van der Waals surface area contributed by atoms with Crippen LogP contribution in [0, 0.1) is 20.8 Å². The molecule has 2 saturated heterocycles. The van der Waals surface area contributed by atoms with E-state index in [0.29, 0.717) is 18.2 Å². The van der Waals surface area contributed by atoms with E-state index in [9.17, 15) is 0 Å². The van der Waals surface area contributed by atoms with Crippen molar-refractivity contribution in [1.29, 1.82) is 0 Å². The van der Waals surface area contributed by atoms with Crippen LogP contribution >= 0.6 is 0 Å². The van der Waals surface area contributed by atoms with Gasteiger partial charge in [-0.3, -0.25) is 0 Å². The summed E-state index contributed by atoms with van der Waals surface area (Å²) in [6, 6.07) is 14.7. The van der Waals surface area contributed by atoms with Crippen LogP contribution in [0.3, 0.4) is 0 Å². The van der Waals surface area contributed by atoms with Gasteiger partial charge in [0.05, 0.1) is 11.8 Å². The number of aryl methyl sites for hydroxylation is 3. The minimum absolute atomic E-state index is 0.365. The van der Waals surface area contributed by atoms with E-state index >= 15 is 0 Å². The molecule has 4 heterocycles. The first kappa shape index (κ1) is 24.1. The van der Waals surface area contributed by atoms with Gasteiger partial charge in [0.15, 0.2) is 5.82 Å². The summed E-state index contributed by atoms with van der Waals surface area (Å²) in [5.74, 6) is 2.86. The first-order chi connectivity index (χ1) is 18.5. The third kappa shape index (κ3) is 4.10. The van der Waals surface area contributed by atoms with Crippen molar-refractivity contribution in [2.75, 3.05) is 23.5 Å². The van der Waals surface area contributed by atoms with Gasteiger partial charge in [0, 0.05) is 55.5 Å². The van der Waals surface area contributed by atoms with Crippen molar-refractivity contribution in [3.63, 3.8) is 0 Å². The topological polar surface area (TPSA) is 41.5 Å². The Morgan fingerprint density at radius 2 is 1.61 bits per heavy atom. The normalized spacial score (nSPS) is 24.6. The first-order valence-corrected chi connectivity index (χ1v) is 14.6. The van der Waals surface area contributed by atoms with Crippen molar-refractivity contribution in [3.05, 3.63) is 69.9 Å². The molecular weight excluding hydrogens is 468 g/mol. The largest absolute Gasteiger partial charge is 0.381 e. The van der Waals surface area contributed by atoms with Crippen molar-refractivity contribution in [2.45, 2.75) is 96.4 Å². The molecule has 198 valence electrons. The van der Waals surface area contributed by atoms with E-state index in [2.05, 4.69) is 67.0 Å². The molecule has 1 unspecified atom stereocenters. The van der Waals surface area contributed by atoms with Gasteiger partial charge in [0.25, 0.3) is 0 Å². The van der Waals surface area contributed by atoms with Crippen LogP contribution in [0.15, 0.2) is 36.4 Å². The molecule has 1 aliphatic carbocycles. The number of hydrogen-bond acceptors (Lipinski definition) is 5. The van der Waals surface area contributed by atoms with E-state index in [4.69, 9.17) is 14.7 Å². The molecular formula is C33H40N4O. The number of nitrogens with zero attached hydrogens (tertiary/aromatic N) is 4. The lowest BCUT2D eigenvalue weighted by molar-refractivity contribution is 0.0681. The van der Waals surface area contributed by atoms with Gasteiger partial charge in [-0.05, 0) is 93.5 Å². The zero-order chi connectivity index (χ0) is 26.0. The molecule has 3 aromatic rings. The summed E-state index contributed by atoms with van der Waals surface area (Å²) in [7, 11) is 1.88. The fourth-order valence-electron chi connectivity index (χ4n) is 7.40. The van der Waals surface area contributed by atoms with Crippen LogP contribution in [0.5, 0.6) is 0 Å². The van der Waals surface area contributed by atoms with Gasteiger partial charge in [-0.25, -0.2) is 9.97 Å². The lowest BCUT2D eigenvalue weighted by Crippen LogP contribution is -2.47. The number of methoxy groups -OCH3 is 1. The van der Waals surface area contributed by atoms with E-state index in [0.717, 1.165) is 44.1 Å². The number of anilines is 2. The summed E-state index contributed by atoms with van der Waals surface area (Å²) >= 11 is 0. The fourth-order valence-corrected chi connectivity index (χ4v) is 7.40. The van der Waals surface area contributed by atoms with E-state index in [1.165, 1.54) is 76.3 Å². The van der Waals surface area contributed by atoms with Crippen LogP contribution in [0.2, 0.25) is 0 Å². The highest BCUT2D eigenvalue weighted by Gasteiger charge is 2.43. The van der Waals surface area contributed by atoms with Gasteiger partial charge in [-0.1, -0.05) is 30.3 Å². The molecule has 0 N–H and O–H groups in total. The second-order valence-corrected chi connectivity index (χ2v) is 12.2. The molecule has 0 radical (unpaired) electrons. The molecule has 0 spiro atoms. The summed E-state index contributed by atoms with van der Waals surface area (Å²) < 4.78 is 5.85. The molecule has 3 atom stereocenters. The summed E-state index contributed by atoms with van der Waals surface area (Å²) in [6.07, 6.45) is 8.65. The Kier molecular flexibility index (Phi) is 5.95. The van der Waals surface area contributed by atoms with Gasteiger partial charge in [-0.15, -0.1) is 0 Å². The number of aromatic nitrogens is 2. The quantitative estimate of drug-likeness (QED) is 0.386. The second kappa shape index (κ2) is 9.37. The van der Waals surface area contributed by atoms with Gasteiger partial charge in [0.1, 0.15) is 5.82 Å². The van der Waals surface area contributed by atoms with E-state index in [1.54, 1.807) is 0 Å². The average Bonchev–Trinajstić information content (AvgIpc) is 3.73. The van der Waals surface area contributed by atoms with Crippen molar-refractivity contribution < 1.29 is 4.74 Å². The van der Waals surface area contributed by atoms with Crippen molar-refractivity contribution in [3.8, 4) is 11.4 Å². The molecule has 38 heavy (non-hydrogen) atoms. The maximum Gasteiger partial charge on any atom is 0.162 e. The third-order valence-electron chi connectivity index (χ3n) is 9.63. The SMILES string of the molecule is COC1C[C@H]2CC[C@@H](C1)N2c1nc(-c2c(C)cccc2C)nc2c1CN(c1cc(C3CC3)ccc1C)CC2. The fraction of sp³-hybridized carbons (Fsp3) is 0.515. The van der Waals surface area contributed by atoms with Crippen LogP contribution in [0.1, 0.15) is 78.0 Å². The Hall–Kier alpha value is -2.92. The molecule has 2 aromatic carbocycles. The third-order valence-corrected chi connectivity index (χ3v) is 9.63. The predicted molar refractivity (Wildman–Crippen MR) is 154 cm³/mol. The number of rotatable bonds is 5. The second-order valence-electron chi connectivity index (χ2n) is 12.2. The summed E-state index contributed by atoms with van der Waals surface area (Å²) in [5, 5.41) is 0. The lowest BCUT2D eigenvalue weighted by Gasteiger charge is -2.42. The molecule has 3 fully saturated rings. The Morgan fingerprint density at radius 1 is 0.868 bits per heavy atom. The van der Waals surface area contributed by atoms with E-state index in [1.807, 2.05) is 7.11 Å². The smallest absolute Gasteiger partial charge is 0.162 e. The molecule has 5 heteroatoms. The predicted octanol–water partition coefficient (Wildman–Crippen LogP) is 6.66. The standard InChI is InChI=1S/C33H40N4O/c1-20-8-9-24(23-10-11-23)16-30(20)36-15-14-29-28(19-36)33(37-25-12-13-26(37)18-27(17-25)38-4)35-32(34-29)31-21(2)6-5-7-22(31)3/h5-9,16,23,25-27H,10-15,17-19H2,1-4H3/t25-,26+,27?. The highest BCUT2D eigenvalue weighted by molar-refractivity contribution is 5.69. The molecule has 7 rings (SSSR count). The Morgan fingerprint density at radius 3 is 2.29 bits per heavy atom. The van der Waals surface area contributed by atoms with Gasteiger partial charge < -0.3 is 14.5 Å². The van der Waals surface area contributed by atoms with Crippen LogP contribution in [-0.4, -0.2) is 41.8 Å². The highest BCUT2D eigenvalue weighted by atomic mass is 16.5. The van der Waals surface area contributed by atoms with E-state index in [-0.39, 0.29) is 0 Å². The molecule has 1 aromatic heterocycles. The van der Waals surface area contributed by atoms with Crippen molar-refractivity contribution in [2.24, 2.45) is 0 Å². The van der Waals surface area contributed by atoms with E-state index < -0.39 is 0 Å². The number of hydrogen-bond donors (Lipinski definition) is 0. The summed E-state index contributed by atoms with van der Waals surface area (Å²) in [5.41, 5.74) is 10.6. The number of piperidine rings is 1. The minimum Gasteiger partial charge on any atom is -0.381 e. The zero-order valence-corrected chi connectivity index (χ0v) is 23.3.